The maximum Gasteiger partial charge on any atom is 0.335 e. The average molecular weight is 323 g/mol. The number of carbonyl (C=O) groups is 2. The number of anilines is 1. The topological polar surface area (TPSA) is 87.7 Å². The Labute approximate surface area is 124 Å². The Morgan fingerprint density at radius 3 is 2.67 bits per heavy atom. The van der Waals surface area contributed by atoms with Crippen LogP contribution in [0.5, 0.6) is 0 Å². The van der Waals surface area contributed by atoms with E-state index in [0.29, 0.717) is 0 Å². The van der Waals surface area contributed by atoms with Gasteiger partial charge in [0.05, 0.1) is 22.9 Å². The molecule has 0 spiro atoms. The molecule has 0 unspecified atom stereocenters. The fourth-order valence-electron chi connectivity index (χ4n) is 1.33. The monoisotopic (exact) mass is 322 g/mol. The van der Waals surface area contributed by atoms with E-state index in [-0.39, 0.29) is 29.4 Å². The normalized spacial score (nSPS) is 10.5. The van der Waals surface area contributed by atoms with Crippen LogP contribution in [0.3, 0.4) is 0 Å². The van der Waals surface area contributed by atoms with E-state index in [0.717, 1.165) is 0 Å². The van der Waals surface area contributed by atoms with Gasteiger partial charge in [0.1, 0.15) is 6.61 Å². The van der Waals surface area contributed by atoms with Crippen LogP contribution in [0.25, 0.3) is 0 Å². The first-order chi connectivity index (χ1) is 9.90. The van der Waals surface area contributed by atoms with Crippen molar-refractivity contribution >= 4 is 29.3 Å². The molecule has 1 aromatic rings. The van der Waals surface area contributed by atoms with Crippen molar-refractivity contribution in [3.8, 4) is 0 Å². The van der Waals surface area contributed by atoms with Crippen LogP contribution in [0.1, 0.15) is 10.4 Å². The maximum atomic E-state index is 11.8. The van der Waals surface area contributed by atoms with E-state index < -0.39 is 25.0 Å². The number of carboxylic acids is 1. The fraction of sp³-hybridized carbons (Fsp3) is 0.333. The number of hydrogen-bond donors (Lipinski definition) is 3. The van der Waals surface area contributed by atoms with Crippen LogP contribution in [-0.2, 0) is 4.74 Å². The lowest BCUT2D eigenvalue weighted by atomic mass is 10.2. The number of carboxylic acid groups (broad SMARTS) is 1. The van der Waals surface area contributed by atoms with Crippen LogP contribution in [-0.4, -0.2) is 43.3 Å². The lowest BCUT2D eigenvalue weighted by molar-refractivity contribution is 0.0194. The number of ether oxygens (including phenoxy) is 1. The SMILES string of the molecule is O=C(NCCOCC(F)F)Nc1ccc(C(=O)O)cc1Cl. The maximum absolute atomic E-state index is 11.8. The molecule has 1 aromatic carbocycles. The summed E-state index contributed by atoms with van der Waals surface area (Å²) in [6, 6.07) is 3.22. The van der Waals surface area contributed by atoms with E-state index in [1.807, 2.05) is 0 Å². The van der Waals surface area contributed by atoms with Crippen molar-refractivity contribution in [2.24, 2.45) is 0 Å². The van der Waals surface area contributed by atoms with Gasteiger partial charge in [-0.3, -0.25) is 0 Å². The third-order valence-corrected chi connectivity index (χ3v) is 2.55. The molecule has 0 aliphatic rings. The first-order valence-corrected chi connectivity index (χ1v) is 6.21. The van der Waals surface area contributed by atoms with Gasteiger partial charge in [-0.15, -0.1) is 0 Å². The predicted octanol–water partition coefficient (Wildman–Crippen LogP) is 2.44. The second kappa shape index (κ2) is 8.38. The summed E-state index contributed by atoms with van der Waals surface area (Å²) in [5, 5.41) is 13.6. The molecule has 0 aromatic heterocycles. The molecule has 0 saturated heterocycles. The number of nitrogens with one attached hydrogen (secondary N) is 2. The molecule has 0 atom stereocenters. The van der Waals surface area contributed by atoms with Crippen molar-refractivity contribution in [1.29, 1.82) is 0 Å². The van der Waals surface area contributed by atoms with Crippen LogP contribution in [0.4, 0.5) is 19.3 Å². The van der Waals surface area contributed by atoms with Crippen molar-refractivity contribution in [3.05, 3.63) is 28.8 Å². The molecule has 0 bridgehead atoms. The number of benzene rings is 1. The van der Waals surface area contributed by atoms with Gasteiger partial charge in [-0.25, -0.2) is 18.4 Å². The Morgan fingerprint density at radius 2 is 2.10 bits per heavy atom. The third-order valence-electron chi connectivity index (χ3n) is 2.24. The molecule has 6 nitrogen and oxygen atoms in total. The summed E-state index contributed by atoms with van der Waals surface area (Å²) in [5.41, 5.74) is 0.221. The Hall–Kier alpha value is -1.93. The van der Waals surface area contributed by atoms with Crippen molar-refractivity contribution < 1.29 is 28.2 Å². The van der Waals surface area contributed by atoms with Gasteiger partial charge in [0.25, 0.3) is 6.43 Å². The number of amides is 2. The molecular weight excluding hydrogens is 310 g/mol. The van der Waals surface area contributed by atoms with Gasteiger partial charge in [0.2, 0.25) is 0 Å². The Bertz CT molecular complexity index is 514. The predicted molar refractivity (Wildman–Crippen MR) is 72.3 cm³/mol. The van der Waals surface area contributed by atoms with E-state index in [1.165, 1.54) is 18.2 Å². The van der Waals surface area contributed by atoms with E-state index in [4.69, 9.17) is 16.7 Å². The molecule has 3 N–H and O–H groups in total. The number of aromatic carboxylic acids is 1. The molecular formula is C12H13ClF2N2O4. The van der Waals surface area contributed by atoms with E-state index >= 15 is 0 Å². The number of halogens is 3. The molecule has 0 saturated carbocycles. The largest absolute Gasteiger partial charge is 0.478 e. The van der Waals surface area contributed by atoms with Gasteiger partial charge in [0.15, 0.2) is 0 Å². The van der Waals surface area contributed by atoms with Gasteiger partial charge < -0.3 is 20.5 Å². The Kier molecular flexibility index (Phi) is 6.83. The van der Waals surface area contributed by atoms with Crippen LogP contribution in [0, 0.1) is 0 Å². The minimum absolute atomic E-state index is 0.00800. The number of carbonyl (C=O) groups excluding carboxylic acids is 1. The van der Waals surface area contributed by atoms with Gasteiger partial charge in [-0.05, 0) is 18.2 Å². The standard InChI is InChI=1S/C12H13ClF2N2O4/c13-8-5-7(11(18)19)1-2-9(8)17-12(20)16-3-4-21-6-10(14)15/h1-2,5,10H,3-4,6H2,(H,18,19)(H2,16,17,20). The molecule has 1 rings (SSSR count). The quantitative estimate of drug-likeness (QED) is 0.673. The average Bonchev–Trinajstić information content (AvgIpc) is 2.40. The highest BCUT2D eigenvalue weighted by molar-refractivity contribution is 6.34. The van der Waals surface area contributed by atoms with Gasteiger partial charge in [0, 0.05) is 6.54 Å². The first-order valence-electron chi connectivity index (χ1n) is 5.83. The van der Waals surface area contributed by atoms with Crippen molar-refractivity contribution in [2.45, 2.75) is 6.43 Å². The number of rotatable bonds is 7. The van der Waals surface area contributed by atoms with Crippen molar-refractivity contribution in [1.82, 2.24) is 5.32 Å². The minimum Gasteiger partial charge on any atom is -0.478 e. The highest BCUT2D eigenvalue weighted by Crippen LogP contribution is 2.22. The zero-order valence-electron chi connectivity index (χ0n) is 10.7. The van der Waals surface area contributed by atoms with Crippen LogP contribution >= 0.6 is 11.6 Å². The highest BCUT2D eigenvalue weighted by atomic mass is 35.5. The van der Waals surface area contributed by atoms with E-state index in [9.17, 15) is 18.4 Å². The summed E-state index contributed by atoms with van der Waals surface area (Å²) >= 11 is 5.82. The molecule has 0 radical (unpaired) electrons. The molecule has 21 heavy (non-hydrogen) atoms. The second-order valence-corrected chi connectivity index (χ2v) is 4.25. The lowest BCUT2D eigenvalue weighted by Crippen LogP contribution is -2.32. The Balaban J connectivity index is 2.39. The zero-order valence-corrected chi connectivity index (χ0v) is 11.5. The number of hydrogen-bond acceptors (Lipinski definition) is 3. The number of alkyl halides is 2. The number of urea groups is 1. The van der Waals surface area contributed by atoms with Crippen LogP contribution in [0.2, 0.25) is 5.02 Å². The third kappa shape index (κ3) is 6.37. The second-order valence-electron chi connectivity index (χ2n) is 3.85. The Morgan fingerprint density at radius 1 is 1.38 bits per heavy atom. The summed E-state index contributed by atoms with van der Waals surface area (Å²) in [7, 11) is 0. The molecule has 0 aliphatic carbocycles. The lowest BCUT2D eigenvalue weighted by Gasteiger charge is -2.09. The molecule has 116 valence electrons. The van der Waals surface area contributed by atoms with Gasteiger partial charge in [-0.1, -0.05) is 11.6 Å². The van der Waals surface area contributed by atoms with Crippen molar-refractivity contribution in [3.63, 3.8) is 0 Å². The first kappa shape index (κ1) is 17.1. The van der Waals surface area contributed by atoms with Gasteiger partial charge in [-0.2, -0.15) is 0 Å². The summed E-state index contributed by atoms with van der Waals surface area (Å²) in [6.45, 7) is -0.696. The zero-order chi connectivity index (χ0) is 15.8. The molecule has 2 amide bonds. The van der Waals surface area contributed by atoms with E-state index in [2.05, 4.69) is 15.4 Å². The summed E-state index contributed by atoms with van der Waals surface area (Å²) in [4.78, 5) is 22.2. The minimum atomic E-state index is -2.55. The summed E-state index contributed by atoms with van der Waals surface area (Å²) < 4.78 is 28.1. The molecule has 0 heterocycles. The van der Waals surface area contributed by atoms with Crippen LogP contribution < -0.4 is 10.6 Å². The molecule has 0 fully saturated rings. The fourth-order valence-corrected chi connectivity index (χ4v) is 1.55. The molecule has 0 aliphatic heterocycles. The van der Waals surface area contributed by atoms with Gasteiger partial charge >= 0.3 is 12.0 Å². The highest BCUT2D eigenvalue weighted by Gasteiger charge is 2.09. The summed E-state index contributed by atoms with van der Waals surface area (Å²) in [6.07, 6.45) is -2.55. The van der Waals surface area contributed by atoms with Crippen molar-refractivity contribution in [2.75, 3.05) is 25.1 Å². The van der Waals surface area contributed by atoms with E-state index in [1.54, 1.807) is 0 Å². The van der Waals surface area contributed by atoms with Crippen LogP contribution in [0.15, 0.2) is 18.2 Å². The smallest absolute Gasteiger partial charge is 0.335 e. The molecule has 9 heteroatoms. The summed E-state index contributed by atoms with van der Waals surface area (Å²) in [5.74, 6) is -1.14.